The number of aliphatic carboxylic acids is 1. The van der Waals surface area contributed by atoms with E-state index in [4.69, 9.17) is 0 Å². The molecule has 1 heterocycles. The quantitative estimate of drug-likeness (QED) is 0.681. The van der Waals surface area contributed by atoms with Crippen LogP contribution in [-0.4, -0.2) is 29.1 Å². The van der Waals surface area contributed by atoms with Gasteiger partial charge in [-0.3, -0.25) is 14.9 Å². The Kier molecular flexibility index (Phi) is 4.16. The number of rotatable bonds is 4. The SMILES string of the molecule is CCC1(C(=O)O)CCCN(c2ccc(C)cc2[N+](=O)[O-])C1. The van der Waals surface area contributed by atoms with Gasteiger partial charge in [-0.1, -0.05) is 13.0 Å². The molecule has 1 aromatic rings. The van der Waals surface area contributed by atoms with Crippen LogP contribution in [0.3, 0.4) is 0 Å². The van der Waals surface area contributed by atoms with Crippen molar-refractivity contribution >= 4 is 17.3 Å². The number of piperidine rings is 1. The van der Waals surface area contributed by atoms with E-state index in [1.54, 1.807) is 19.1 Å². The number of carboxylic acids is 1. The van der Waals surface area contributed by atoms with Crippen molar-refractivity contribution in [2.45, 2.75) is 33.1 Å². The molecule has 0 bridgehead atoms. The first-order chi connectivity index (χ1) is 9.89. The van der Waals surface area contributed by atoms with Gasteiger partial charge in [0.15, 0.2) is 0 Å². The van der Waals surface area contributed by atoms with Crippen molar-refractivity contribution in [2.75, 3.05) is 18.0 Å². The van der Waals surface area contributed by atoms with Crippen LogP contribution in [0.4, 0.5) is 11.4 Å². The number of benzene rings is 1. The van der Waals surface area contributed by atoms with Crippen molar-refractivity contribution < 1.29 is 14.8 Å². The second-order valence-electron chi connectivity index (χ2n) is 5.71. The average Bonchev–Trinajstić information content (AvgIpc) is 2.46. The molecule has 6 nitrogen and oxygen atoms in total. The van der Waals surface area contributed by atoms with Crippen LogP contribution in [0.5, 0.6) is 0 Å². The van der Waals surface area contributed by atoms with Gasteiger partial charge in [-0.25, -0.2) is 0 Å². The maximum Gasteiger partial charge on any atom is 0.311 e. The van der Waals surface area contributed by atoms with E-state index in [1.807, 2.05) is 17.9 Å². The number of nitrogens with zero attached hydrogens (tertiary/aromatic N) is 2. The summed E-state index contributed by atoms with van der Waals surface area (Å²) in [5.41, 5.74) is 0.580. The fourth-order valence-electron chi connectivity index (χ4n) is 3.00. The van der Waals surface area contributed by atoms with Gasteiger partial charge in [0, 0.05) is 19.2 Å². The molecule has 1 aromatic carbocycles. The first-order valence-corrected chi connectivity index (χ1v) is 7.13. The van der Waals surface area contributed by atoms with Gasteiger partial charge in [0.05, 0.1) is 10.3 Å². The zero-order valence-corrected chi connectivity index (χ0v) is 12.3. The summed E-state index contributed by atoms with van der Waals surface area (Å²) in [7, 11) is 0. The van der Waals surface area contributed by atoms with Crippen LogP contribution in [0.15, 0.2) is 18.2 Å². The lowest BCUT2D eigenvalue weighted by Gasteiger charge is -2.40. The summed E-state index contributed by atoms with van der Waals surface area (Å²) in [6, 6.07) is 5.09. The Morgan fingerprint density at radius 2 is 2.24 bits per heavy atom. The highest BCUT2D eigenvalue weighted by molar-refractivity contribution is 5.76. The van der Waals surface area contributed by atoms with Crippen LogP contribution >= 0.6 is 0 Å². The van der Waals surface area contributed by atoms with Gasteiger partial charge in [-0.15, -0.1) is 0 Å². The van der Waals surface area contributed by atoms with E-state index in [0.29, 0.717) is 31.6 Å². The Morgan fingerprint density at radius 1 is 1.52 bits per heavy atom. The topological polar surface area (TPSA) is 83.7 Å². The molecule has 0 spiro atoms. The molecule has 1 aliphatic rings. The number of nitro groups is 1. The Bertz CT molecular complexity index is 573. The van der Waals surface area contributed by atoms with Gasteiger partial charge in [-0.05, 0) is 37.8 Å². The minimum atomic E-state index is -0.815. The molecule has 6 heteroatoms. The zero-order valence-electron chi connectivity index (χ0n) is 12.3. The summed E-state index contributed by atoms with van der Waals surface area (Å²) in [6.07, 6.45) is 1.87. The van der Waals surface area contributed by atoms with Crippen molar-refractivity contribution in [1.29, 1.82) is 0 Å². The van der Waals surface area contributed by atoms with E-state index in [0.717, 1.165) is 12.0 Å². The Hall–Kier alpha value is -2.11. The maximum absolute atomic E-state index is 11.6. The van der Waals surface area contributed by atoms with Gasteiger partial charge < -0.3 is 10.0 Å². The van der Waals surface area contributed by atoms with Crippen molar-refractivity contribution in [2.24, 2.45) is 5.41 Å². The van der Waals surface area contributed by atoms with Crippen molar-refractivity contribution in [3.05, 3.63) is 33.9 Å². The van der Waals surface area contributed by atoms with Crippen LogP contribution in [0.2, 0.25) is 0 Å². The molecule has 1 fully saturated rings. The fourth-order valence-corrected chi connectivity index (χ4v) is 3.00. The van der Waals surface area contributed by atoms with E-state index in [1.165, 1.54) is 0 Å². The third kappa shape index (κ3) is 2.84. The van der Waals surface area contributed by atoms with E-state index < -0.39 is 16.3 Å². The molecular formula is C15H20N2O4. The molecule has 1 N–H and O–H groups in total. The van der Waals surface area contributed by atoms with E-state index >= 15 is 0 Å². The lowest BCUT2D eigenvalue weighted by Crippen LogP contribution is -2.47. The monoisotopic (exact) mass is 292 g/mol. The largest absolute Gasteiger partial charge is 0.481 e. The molecule has 21 heavy (non-hydrogen) atoms. The minimum absolute atomic E-state index is 0.0484. The molecule has 1 saturated heterocycles. The molecule has 1 unspecified atom stereocenters. The van der Waals surface area contributed by atoms with Gasteiger partial charge in [0.2, 0.25) is 0 Å². The smallest absolute Gasteiger partial charge is 0.311 e. The molecule has 114 valence electrons. The van der Waals surface area contributed by atoms with Crippen LogP contribution in [-0.2, 0) is 4.79 Å². The van der Waals surface area contributed by atoms with Gasteiger partial charge in [0.1, 0.15) is 5.69 Å². The fraction of sp³-hybridized carbons (Fsp3) is 0.533. The molecule has 0 aliphatic carbocycles. The second-order valence-corrected chi connectivity index (χ2v) is 5.71. The third-order valence-electron chi connectivity index (χ3n) is 4.38. The van der Waals surface area contributed by atoms with Gasteiger partial charge in [0.25, 0.3) is 5.69 Å². The molecule has 2 rings (SSSR count). The van der Waals surface area contributed by atoms with Crippen LogP contribution < -0.4 is 4.90 Å². The molecule has 0 radical (unpaired) electrons. The number of anilines is 1. The highest BCUT2D eigenvalue weighted by Crippen LogP contribution is 2.38. The number of hydrogen-bond acceptors (Lipinski definition) is 4. The number of hydrogen-bond donors (Lipinski definition) is 1. The molecule has 0 saturated carbocycles. The van der Waals surface area contributed by atoms with E-state index in [9.17, 15) is 20.0 Å². The Morgan fingerprint density at radius 3 is 2.81 bits per heavy atom. The number of aryl methyl sites for hydroxylation is 1. The summed E-state index contributed by atoms with van der Waals surface area (Å²) in [6.45, 7) is 4.64. The highest BCUT2D eigenvalue weighted by Gasteiger charge is 2.41. The molecule has 1 atom stereocenters. The maximum atomic E-state index is 11.6. The van der Waals surface area contributed by atoms with Crippen LogP contribution in [0.1, 0.15) is 31.7 Å². The van der Waals surface area contributed by atoms with Crippen LogP contribution in [0.25, 0.3) is 0 Å². The van der Waals surface area contributed by atoms with Crippen molar-refractivity contribution in [3.8, 4) is 0 Å². The number of carboxylic acid groups (broad SMARTS) is 1. The summed E-state index contributed by atoms with van der Waals surface area (Å²) < 4.78 is 0. The van der Waals surface area contributed by atoms with E-state index in [2.05, 4.69) is 0 Å². The first kappa shape index (κ1) is 15.3. The summed E-state index contributed by atoms with van der Waals surface area (Å²) in [5, 5.41) is 20.8. The summed E-state index contributed by atoms with van der Waals surface area (Å²) in [5.74, 6) is -0.815. The van der Waals surface area contributed by atoms with Crippen molar-refractivity contribution in [3.63, 3.8) is 0 Å². The van der Waals surface area contributed by atoms with Gasteiger partial charge >= 0.3 is 5.97 Å². The summed E-state index contributed by atoms with van der Waals surface area (Å²) >= 11 is 0. The zero-order chi connectivity index (χ0) is 15.6. The second kappa shape index (κ2) is 5.71. The normalized spacial score (nSPS) is 22.1. The molecule has 0 amide bonds. The summed E-state index contributed by atoms with van der Waals surface area (Å²) in [4.78, 5) is 24.3. The Balaban J connectivity index is 2.38. The van der Waals surface area contributed by atoms with E-state index in [-0.39, 0.29) is 5.69 Å². The lowest BCUT2D eigenvalue weighted by molar-refractivity contribution is -0.384. The molecule has 1 aliphatic heterocycles. The first-order valence-electron chi connectivity index (χ1n) is 7.13. The van der Waals surface area contributed by atoms with Gasteiger partial charge in [-0.2, -0.15) is 0 Å². The molecule has 0 aromatic heterocycles. The predicted molar refractivity (Wildman–Crippen MR) is 79.6 cm³/mol. The van der Waals surface area contributed by atoms with Crippen molar-refractivity contribution in [1.82, 2.24) is 0 Å². The third-order valence-corrected chi connectivity index (χ3v) is 4.38. The standard InChI is InChI=1S/C15H20N2O4/c1-3-15(14(18)19)7-4-8-16(10-15)12-6-5-11(2)9-13(12)17(20)21/h5-6,9H,3-4,7-8,10H2,1-2H3,(H,18,19). The predicted octanol–water partition coefficient (Wildman–Crippen LogP) is 2.98. The van der Waals surface area contributed by atoms with Crippen LogP contribution in [0, 0.1) is 22.5 Å². The average molecular weight is 292 g/mol. The highest BCUT2D eigenvalue weighted by atomic mass is 16.6. The lowest BCUT2D eigenvalue weighted by atomic mass is 9.77. The Labute approximate surface area is 123 Å². The number of nitro benzene ring substituents is 1. The minimum Gasteiger partial charge on any atom is -0.481 e. The number of carbonyl (C=O) groups is 1. The molecular weight excluding hydrogens is 272 g/mol.